The van der Waals surface area contributed by atoms with E-state index in [1.165, 1.54) is 0 Å². The summed E-state index contributed by atoms with van der Waals surface area (Å²) >= 11 is 0. The highest BCUT2D eigenvalue weighted by molar-refractivity contribution is 6.05. The second-order valence-electron chi connectivity index (χ2n) is 3.75. The van der Waals surface area contributed by atoms with Crippen LogP contribution in [0.3, 0.4) is 0 Å². The third kappa shape index (κ3) is 2.45. The summed E-state index contributed by atoms with van der Waals surface area (Å²) in [7, 11) is 3.52. The molecule has 2 aromatic rings. The van der Waals surface area contributed by atoms with Crippen molar-refractivity contribution in [2.75, 3.05) is 24.3 Å². The first-order chi connectivity index (χ1) is 8.72. The van der Waals surface area contributed by atoms with E-state index in [0.29, 0.717) is 5.56 Å². The van der Waals surface area contributed by atoms with Gasteiger partial charge in [0.2, 0.25) is 0 Å². The number of pyridine rings is 2. The van der Waals surface area contributed by atoms with Crippen molar-refractivity contribution < 1.29 is 4.79 Å². The fourth-order valence-electron chi connectivity index (χ4n) is 1.54. The topological polar surface area (TPSA) is 58.1 Å². The van der Waals surface area contributed by atoms with Gasteiger partial charge in [0.05, 0.1) is 11.9 Å². The summed E-state index contributed by atoms with van der Waals surface area (Å²) in [5.74, 6) is 0.680. The van der Waals surface area contributed by atoms with Crippen molar-refractivity contribution in [1.29, 1.82) is 0 Å². The van der Waals surface area contributed by atoms with Gasteiger partial charge in [-0.05, 0) is 24.3 Å². The third-order valence-corrected chi connectivity index (χ3v) is 2.62. The van der Waals surface area contributed by atoms with Crippen molar-refractivity contribution in [1.82, 2.24) is 9.97 Å². The molecule has 18 heavy (non-hydrogen) atoms. The summed E-state index contributed by atoms with van der Waals surface area (Å²) in [6.45, 7) is 0. The van der Waals surface area contributed by atoms with Gasteiger partial charge in [-0.2, -0.15) is 0 Å². The van der Waals surface area contributed by atoms with Crippen molar-refractivity contribution in [3.05, 3.63) is 48.4 Å². The van der Waals surface area contributed by atoms with E-state index < -0.39 is 0 Å². The molecule has 2 aromatic heterocycles. The number of aromatic nitrogens is 2. The van der Waals surface area contributed by atoms with Gasteiger partial charge in [-0.3, -0.25) is 9.78 Å². The number of rotatable bonds is 3. The van der Waals surface area contributed by atoms with Crippen LogP contribution in [-0.2, 0) is 0 Å². The predicted octanol–water partition coefficient (Wildman–Crippen LogP) is 1.79. The largest absolute Gasteiger partial charge is 0.373 e. The van der Waals surface area contributed by atoms with E-state index in [1.807, 2.05) is 12.1 Å². The Morgan fingerprint density at radius 3 is 2.50 bits per heavy atom. The Morgan fingerprint density at radius 2 is 1.94 bits per heavy atom. The molecule has 2 heterocycles. The highest BCUT2D eigenvalue weighted by Crippen LogP contribution is 2.15. The molecule has 92 valence electrons. The standard InChI is InChI=1S/C13H14N4O/c1-14-12-4-3-11(9-16-12)17(2)13(18)10-5-7-15-8-6-10/h3-9H,1-2H3,(H,14,16). The second-order valence-corrected chi connectivity index (χ2v) is 3.75. The SMILES string of the molecule is CNc1ccc(N(C)C(=O)c2ccncc2)cn1. The minimum Gasteiger partial charge on any atom is -0.373 e. The van der Waals surface area contributed by atoms with Crippen molar-refractivity contribution in [3.63, 3.8) is 0 Å². The monoisotopic (exact) mass is 242 g/mol. The van der Waals surface area contributed by atoms with Gasteiger partial charge in [0.15, 0.2) is 0 Å². The molecule has 2 rings (SSSR count). The van der Waals surface area contributed by atoms with E-state index in [0.717, 1.165) is 11.5 Å². The predicted molar refractivity (Wildman–Crippen MR) is 70.8 cm³/mol. The molecule has 0 aliphatic rings. The van der Waals surface area contributed by atoms with Gasteiger partial charge in [-0.1, -0.05) is 0 Å². The lowest BCUT2D eigenvalue weighted by molar-refractivity contribution is 0.0993. The highest BCUT2D eigenvalue weighted by Gasteiger charge is 2.13. The molecule has 0 aliphatic carbocycles. The first kappa shape index (κ1) is 12.0. The Morgan fingerprint density at radius 1 is 1.22 bits per heavy atom. The number of amides is 1. The fraction of sp³-hybridized carbons (Fsp3) is 0.154. The number of carbonyl (C=O) groups excluding carboxylic acids is 1. The zero-order valence-electron chi connectivity index (χ0n) is 10.3. The maximum Gasteiger partial charge on any atom is 0.258 e. The molecule has 5 nitrogen and oxygen atoms in total. The van der Waals surface area contributed by atoms with E-state index in [9.17, 15) is 4.79 Å². The highest BCUT2D eigenvalue weighted by atomic mass is 16.2. The van der Waals surface area contributed by atoms with Crippen LogP contribution in [0.5, 0.6) is 0 Å². The summed E-state index contributed by atoms with van der Waals surface area (Å²) in [5.41, 5.74) is 1.35. The molecular weight excluding hydrogens is 228 g/mol. The van der Waals surface area contributed by atoms with Gasteiger partial charge >= 0.3 is 0 Å². The van der Waals surface area contributed by atoms with Crippen LogP contribution in [0.15, 0.2) is 42.9 Å². The van der Waals surface area contributed by atoms with Gasteiger partial charge < -0.3 is 10.2 Å². The Balaban J connectivity index is 2.20. The molecule has 1 N–H and O–H groups in total. The lowest BCUT2D eigenvalue weighted by Gasteiger charge is -2.17. The third-order valence-electron chi connectivity index (χ3n) is 2.62. The van der Waals surface area contributed by atoms with Crippen LogP contribution in [0.2, 0.25) is 0 Å². The molecule has 0 saturated heterocycles. The van der Waals surface area contributed by atoms with E-state index in [4.69, 9.17) is 0 Å². The number of hydrogen-bond donors (Lipinski definition) is 1. The summed E-state index contributed by atoms with van der Waals surface area (Å²) in [6.07, 6.45) is 4.86. The Hall–Kier alpha value is -2.43. The van der Waals surface area contributed by atoms with Gasteiger partial charge in [-0.25, -0.2) is 4.98 Å². The van der Waals surface area contributed by atoms with Crippen molar-refractivity contribution in [3.8, 4) is 0 Å². The summed E-state index contributed by atoms with van der Waals surface area (Å²) < 4.78 is 0. The number of carbonyl (C=O) groups is 1. The lowest BCUT2D eigenvalue weighted by atomic mass is 10.2. The van der Waals surface area contributed by atoms with Crippen LogP contribution in [0.4, 0.5) is 11.5 Å². The maximum absolute atomic E-state index is 12.2. The number of hydrogen-bond acceptors (Lipinski definition) is 4. The number of anilines is 2. The maximum atomic E-state index is 12.2. The lowest BCUT2D eigenvalue weighted by Crippen LogP contribution is -2.26. The smallest absolute Gasteiger partial charge is 0.258 e. The van der Waals surface area contributed by atoms with Gasteiger partial charge in [-0.15, -0.1) is 0 Å². The number of nitrogens with zero attached hydrogens (tertiary/aromatic N) is 3. The molecule has 0 fully saturated rings. The van der Waals surface area contributed by atoms with Gasteiger partial charge in [0.25, 0.3) is 5.91 Å². The molecule has 0 spiro atoms. The molecule has 0 bridgehead atoms. The molecule has 0 radical (unpaired) electrons. The Labute approximate surface area is 105 Å². The minimum atomic E-state index is -0.0867. The second kappa shape index (κ2) is 5.27. The molecule has 5 heteroatoms. The van der Waals surface area contributed by atoms with Crippen molar-refractivity contribution in [2.45, 2.75) is 0 Å². The van der Waals surface area contributed by atoms with Crippen LogP contribution in [0.25, 0.3) is 0 Å². The first-order valence-corrected chi connectivity index (χ1v) is 5.54. The number of nitrogens with one attached hydrogen (secondary N) is 1. The molecule has 0 aromatic carbocycles. The van der Waals surface area contributed by atoms with Crippen LogP contribution in [-0.4, -0.2) is 30.0 Å². The Bertz CT molecular complexity index is 524. The summed E-state index contributed by atoms with van der Waals surface area (Å²) in [6, 6.07) is 7.05. The molecule has 1 amide bonds. The van der Waals surface area contributed by atoms with Crippen molar-refractivity contribution >= 4 is 17.4 Å². The van der Waals surface area contributed by atoms with Gasteiger partial charge in [0.1, 0.15) is 5.82 Å². The first-order valence-electron chi connectivity index (χ1n) is 5.54. The molecule has 0 saturated carbocycles. The average Bonchev–Trinajstić information content (AvgIpc) is 2.47. The van der Waals surface area contributed by atoms with Crippen LogP contribution in [0, 0.1) is 0 Å². The van der Waals surface area contributed by atoms with Crippen LogP contribution in [0.1, 0.15) is 10.4 Å². The van der Waals surface area contributed by atoms with E-state index >= 15 is 0 Å². The molecule has 0 aliphatic heterocycles. The van der Waals surface area contributed by atoms with Crippen LogP contribution < -0.4 is 10.2 Å². The van der Waals surface area contributed by atoms with Gasteiger partial charge in [0, 0.05) is 32.1 Å². The normalized spacial score (nSPS) is 9.89. The molecule has 0 unspecified atom stereocenters. The average molecular weight is 242 g/mol. The zero-order chi connectivity index (χ0) is 13.0. The minimum absolute atomic E-state index is 0.0867. The van der Waals surface area contributed by atoms with Crippen molar-refractivity contribution in [2.24, 2.45) is 0 Å². The van der Waals surface area contributed by atoms with E-state index in [2.05, 4.69) is 15.3 Å². The van der Waals surface area contributed by atoms with E-state index in [1.54, 1.807) is 49.7 Å². The molecular formula is C13H14N4O. The van der Waals surface area contributed by atoms with E-state index in [-0.39, 0.29) is 5.91 Å². The summed E-state index contributed by atoms with van der Waals surface area (Å²) in [4.78, 5) is 21.8. The Kier molecular flexibility index (Phi) is 3.52. The van der Waals surface area contributed by atoms with Crippen LogP contribution >= 0.6 is 0 Å². The molecule has 0 atom stereocenters. The zero-order valence-corrected chi connectivity index (χ0v) is 10.3. The quantitative estimate of drug-likeness (QED) is 0.891. The summed E-state index contributed by atoms with van der Waals surface area (Å²) in [5, 5.41) is 2.93. The fourth-order valence-corrected chi connectivity index (χ4v) is 1.54.